The van der Waals surface area contributed by atoms with E-state index < -0.39 is 42.3 Å². The van der Waals surface area contributed by atoms with Crippen LogP contribution in [-0.2, 0) is 25.7 Å². The number of ether oxygens (including phenoxy) is 2. The highest BCUT2D eigenvalue weighted by molar-refractivity contribution is 5.86. The van der Waals surface area contributed by atoms with E-state index in [-0.39, 0.29) is 13.0 Å². The van der Waals surface area contributed by atoms with E-state index in [4.69, 9.17) is 9.47 Å². The highest BCUT2D eigenvalue weighted by Gasteiger charge is 2.36. The first-order valence-corrected chi connectivity index (χ1v) is 9.80. The second-order valence-corrected chi connectivity index (χ2v) is 8.07. The fourth-order valence-electron chi connectivity index (χ4n) is 3.10. The van der Waals surface area contributed by atoms with E-state index in [1.165, 1.54) is 4.90 Å². The number of nitrogens with one attached hydrogen (secondary N) is 1. The molecule has 8 nitrogen and oxygen atoms in total. The topological polar surface area (TPSA) is 105 Å². The molecule has 8 heteroatoms. The summed E-state index contributed by atoms with van der Waals surface area (Å²) in [4.78, 5) is 38.4. The molecule has 2 rings (SSSR count). The lowest BCUT2D eigenvalue weighted by molar-refractivity contribution is -0.155. The van der Waals surface area contributed by atoms with Gasteiger partial charge < -0.3 is 19.9 Å². The number of aliphatic hydroxyl groups is 1. The third-order valence-corrected chi connectivity index (χ3v) is 4.39. The van der Waals surface area contributed by atoms with Crippen LogP contribution in [0.15, 0.2) is 30.3 Å². The molecule has 1 aliphatic heterocycles. The summed E-state index contributed by atoms with van der Waals surface area (Å²) < 4.78 is 10.6. The van der Waals surface area contributed by atoms with Crippen LogP contribution in [0.2, 0.25) is 0 Å². The zero-order chi connectivity index (χ0) is 21.4. The van der Waals surface area contributed by atoms with E-state index in [1.54, 1.807) is 20.8 Å². The van der Waals surface area contributed by atoms with Gasteiger partial charge in [0.25, 0.3) is 0 Å². The van der Waals surface area contributed by atoms with Crippen LogP contribution >= 0.6 is 0 Å². The number of rotatable bonds is 7. The van der Waals surface area contributed by atoms with Crippen molar-refractivity contribution in [3.63, 3.8) is 0 Å². The van der Waals surface area contributed by atoms with Crippen molar-refractivity contribution in [1.82, 2.24) is 10.2 Å². The molecule has 1 fully saturated rings. The molecular formula is C21H30N2O6. The molecule has 2 N–H and O–H groups in total. The Morgan fingerprint density at radius 2 is 1.93 bits per heavy atom. The molecule has 160 valence electrons. The van der Waals surface area contributed by atoms with Crippen LogP contribution in [0, 0.1) is 0 Å². The number of carbonyl (C=O) groups excluding carboxylic acids is 3. The second kappa shape index (κ2) is 10.2. The summed E-state index contributed by atoms with van der Waals surface area (Å²) in [5.41, 5.74) is 0.213. The molecular weight excluding hydrogens is 376 g/mol. The molecule has 1 aliphatic rings. The Balaban J connectivity index is 1.89. The van der Waals surface area contributed by atoms with Gasteiger partial charge >= 0.3 is 12.1 Å². The van der Waals surface area contributed by atoms with Gasteiger partial charge in [-0.2, -0.15) is 0 Å². The van der Waals surface area contributed by atoms with Crippen molar-refractivity contribution in [2.24, 2.45) is 0 Å². The number of nitrogens with zero attached hydrogens (tertiary/aromatic N) is 1. The van der Waals surface area contributed by atoms with E-state index in [9.17, 15) is 19.5 Å². The van der Waals surface area contributed by atoms with Gasteiger partial charge in [0.2, 0.25) is 5.91 Å². The fraction of sp³-hybridized carbons (Fsp3) is 0.571. The zero-order valence-corrected chi connectivity index (χ0v) is 17.2. The van der Waals surface area contributed by atoms with Crippen LogP contribution in [0.25, 0.3) is 0 Å². The van der Waals surface area contributed by atoms with Gasteiger partial charge in [0.05, 0.1) is 19.1 Å². The van der Waals surface area contributed by atoms with Crippen LogP contribution in [-0.4, -0.2) is 58.8 Å². The smallest absolute Gasteiger partial charge is 0.410 e. The van der Waals surface area contributed by atoms with Crippen LogP contribution in [0.1, 0.15) is 45.6 Å². The number of hydrogen-bond acceptors (Lipinski definition) is 6. The number of likely N-dealkylation sites (tertiary alicyclic amines) is 1. The Labute approximate surface area is 171 Å². The lowest BCUT2D eigenvalue weighted by Gasteiger charge is -2.26. The summed E-state index contributed by atoms with van der Waals surface area (Å²) >= 11 is 0. The summed E-state index contributed by atoms with van der Waals surface area (Å²) in [6.07, 6.45) is 0.467. The van der Waals surface area contributed by atoms with Crippen molar-refractivity contribution in [1.29, 1.82) is 0 Å². The highest BCUT2D eigenvalue weighted by Crippen LogP contribution is 2.19. The molecule has 1 heterocycles. The van der Waals surface area contributed by atoms with Crippen LogP contribution < -0.4 is 5.32 Å². The van der Waals surface area contributed by atoms with Gasteiger partial charge in [-0.15, -0.1) is 0 Å². The average molecular weight is 406 g/mol. The maximum atomic E-state index is 12.6. The maximum Gasteiger partial charge on any atom is 0.410 e. The van der Waals surface area contributed by atoms with Gasteiger partial charge in [0, 0.05) is 6.54 Å². The third kappa shape index (κ3) is 7.38. The number of aliphatic hydroxyl groups excluding tert-OH is 1. The molecule has 0 aromatic heterocycles. The molecule has 1 aromatic carbocycles. The zero-order valence-electron chi connectivity index (χ0n) is 17.2. The van der Waals surface area contributed by atoms with Gasteiger partial charge in [-0.3, -0.25) is 14.5 Å². The summed E-state index contributed by atoms with van der Waals surface area (Å²) in [7, 11) is 0. The van der Waals surface area contributed by atoms with E-state index >= 15 is 0 Å². The van der Waals surface area contributed by atoms with E-state index in [0.717, 1.165) is 5.56 Å². The Morgan fingerprint density at radius 1 is 1.24 bits per heavy atom. The first kappa shape index (κ1) is 22.7. The molecule has 29 heavy (non-hydrogen) atoms. The molecule has 0 saturated carbocycles. The van der Waals surface area contributed by atoms with Crippen molar-refractivity contribution in [3.05, 3.63) is 35.9 Å². The van der Waals surface area contributed by atoms with Crippen molar-refractivity contribution >= 4 is 18.0 Å². The van der Waals surface area contributed by atoms with Crippen LogP contribution in [0.4, 0.5) is 4.79 Å². The maximum absolute atomic E-state index is 12.6. The first-order valence-electron chi connectivity index (χ1n) is 9.80. The quantitative estimate of drug-likeness (QED) is 0.671. The molecule has 0 bridgehead atoms. The van der Waals surface area contributed by atoms with Gasteiger partial charge in [-0.05, 0) is 39.2 Å². The monoisotopic (exact) mass is 406 g/mol. The lowest BCUT2D eigenvalue weighted by atomic mass is 10.1. The minimum absolute atomic E-state index is 0.127. The fourth-order valence-corrected chi connectivity index (χ4v) is 3.10. The number of hydrogen-bond donors (Lipinski definition) is 2. The largest absolute Gasteiger partial charge is 0.460 e. The molecule has 2 unspecified atom stereocenters. The molecule has 0 radical (unpaired) electrons. The molecule has 1 saturated heterocycles. The Hall–Kier alpha value is -2.61. The Bertz CT molecular complexity index is 701. The summed E-state index contributed by atoms with van der Waals surface area (Å²) in [6.45, 7) is 5.37. The number of carbonyl (C=O) groups is 3. The summed E-state index contributed by atoms with van der Waals surface area (Å²) in [5, 5.41) is 12.2. The van der Waals surface area contributed by atoms with Crippen LogP contribution in [0.3, 0.4) is 0 Å². The van der Waals surface area contributed by atoms with Crippen molar-refractivity contribution in [3.8, 4) is 0 Å². The second-order valence-electron chi connectivity index (χ2n) is 8.07. The number of esters is 1. The number of amides is 2. The van der Waals surface area contributed by atoms with Gasteiger partial charge in [-0.25, -0.2) is 4.79 Å². The molecule has 1 aromatic rings. The molecule has 2 atom stereocenters. The first-order chi connectivity index (χ1) is 13.7. The SMILES string of the molecule is CC(C)(C)OC(=O)CC(CO)NC(=O)C1CCCN1C(=O)OCc1ccccc1. The normalized spacial score (nSPS) is 17.5. The minimum atomic E-state index is -0.778. The molecule has 2 amide bonds. The number of benzene rings is 1. The summed E-state index contributed by atoms with van der Waals surface area (Å²) in [5.74, 6) is -0.927. The van der Waals surface area contributed by atoms with Crippen LogP contribution in [0.5, 0.6) is 0 Å². The third-order valence-electron chi connectivity index (χ3n) is 4.39. The highest BCUT2D eigenvalue weighted by atomic mass is 16.6. The van der Waals surface area contributed by atoms with Crippen molar-refractivity contribution in [2.45, 2.75) is 64.3 Å². The predicted molar refractivity (Wildman–Crippen MR) is 106 cm³/mol. The summed E-state index contributed by atoms with van der Waals surface area (Å²) in [6, 6.07) is 7.82. The Kier molecular flexibility index (Phi) is 8.01. The lowest BCUT2D eigenvalue weighted by Crippen LogP contribution is -2.50. The van der Waals surface area contributed by atoms with E-state index in [1.807, 2.05) is 30.3 Å². The van der Waals surface area contributed by atoms with E-state index in [2.05, 4.69) is 5.32 Å². The molecule has 0 spiro atoms. The van der Waals surface area contributed by atoms with Gasteiger partial charge in [0.15, 0.2) is 0 Å². The minimum Gasteiger partial charge on any atom is -0.460 e. The van der Waals surface area contributed by atoms with Gasteiger partial charge in [-0.1, -0.05) is 30.3 Å². The molecule has 0 aliphatic carbocycles. The predicted octanol–water partition coefficient (Wildman–Crippen LogP) is 2.00. The van der Waals surface area contributed by atoms with Gasteiger partial charge in [0.1, 0.15) is 18.2 Å². The Morgan fingerprint density at radius 3 is 2.55 bits per heavy atom. The van der Waals surface area contributed by atoms with Crippen molar-refractivity contribution < 1.29 is 29.0 Å². The average Bonchev–Trinajstić information content (AvgIpc) is 3.15. The standard InChI is InChI=1S/C21H30N2O6/c1-21(2,3)29-18(25)12-16(13-24)22-19(26)17-10-7-11-23(17)20(27)28-14-15-8-5-4-6-9-15/h4-6,8-9,16-17,24H,7,10-14H2,1-3H3,(H,22,26). The van der Waals surface area contributed by atoms with Crippen molar-refractivity contribution in [2.75, 3.05) is 13.2 Å². The van der Waals surface area contributed by atoms with E-state index in [0.29, 0.717) is 19.4 Å².